The normalized spacial score (nSPS) is 18.6. The summed E-state index contributed by atoms with van der Waals surface area (Å²) in [6, 6.07) is 0.899. The number of pyridine rings is 1. The zero-order valence-corrected chi connectivity index (χ0v) is 13.5. The molecule has 0 aromatic carbocycles. The molecule has 1 aromatic heterocycles. The number of hydrogen-bond acceptors (Lipinski definition) is 6. The molecular formula is C15H21N3O5. The van der Waals surface area contributed by atoms with Crippen molar-refractivity contribution in [1.29, 1.82) is 0 Å². The quantitative estimate of drug-likeness (QED) is 0.662. The summed E-state index contributed by atoms with van der Waals surface area (Å²) in [7, 11) is 0. The lowest BCUT2D eigenvalue weighted by molar-refractivity contribution is -0.386. The number of likely N-dealkylation sites (tertiary alicyclic amines) is 1. The third-order valence-corrected chi connectivity index (χ3v) is 3.55. The maximum absolute atomic E-state index is 12.4. The van der Waals surface area contributed by atoms with Crippen LogP contribution in [0.1, 0.15) is 51.8 Å². The second kappa shape index (κ2) is 6.39. The van der Waals surface area contributed by atoms with Crippen molar-refractivity contribution in [2.45, 2.75) is 51.7 Å². The second-order valence-corrected chi connectivity index (χ2v) is 6.54. The minimum atomic E-state index is -0.696. The fraction of sp³-hybridized carbons (Fsp3) is 0.600. The zero-order valence-electron chi connectivity index (χ0n) is 13.5. The standard InChI is InChI=1S/C15H21N3O5/c1-15(2,3)23-14(20)17-7-5-4-6-11(17)10-8-13(19)12(9-16-10)18(21)22/h8-9,11H,4-7H2,1-3H3,(H,16,19). The van der Waals surface area contributed by atoms with Gasteiger partial charge in [-0.05, 0) is 40.0 Å². The van der Waals surface area contributed by atoms with E-state index in [-0.39, 0.29) is 6.04 Å². The van der Waals surface area contributed by atoms with Crippen molar-refractivity contribution in [1.82, 2.24) is 9.88 Å². The predicted octanol–water partition coefficient (Wildman–Crippen LogP) is 3.16. The maximum atomic E-state index is 12.4. The predicted molar refractivity (Wildman–Crippen MR) is 82.1 cm³/mol. The topological polar surface area (TPSA) is 106 Å². The van der Waals surface area contributed by atoms with Crippen LogP contribution in [0.2, 0.25) is 0 Å². The Morgan fingerprint density at radius 3 is 2.74 bits per heavy atom. The van der Waals surface area contributed by atoms with Gasteiger partial charge in [-0.1, -0.05) is 0 Å². The molecule has 0 aliphatic carbocycles. The Balaban J connectivity index is 2.26. The number of carbonyl (C=O) groups is 1. The van der Waals surface area contributed by atoms with E-state index in [1.165, 1.54) is 6.07 Å². The third-order valence-electron chi connectivity index (χ3n) is 3.55. The molecule has 1 aliphatic rings. The molecule has 23 heavy (non-hydrogen) atoms. The SMILES string of the molecule is CC(C)(C)OC(=O)N1CCCCC1c1cc(O)c([N+](=O)[O-])cn1. The van der Waals surface area contributed by atoms with Gasteiger partial charge in [-0.25, -0.2) is 4.79 Å². The first-order valence-corrected chi connectivity index (χ1v) is 7.52. The van der Waals surface area contributed by atoms with Crippen molar-refractivity contribution in [3.63, 3.8) is 0 Å². The van der Waals surface area contributed by atoms with Crippen molar-refractivity contribution in [2.75, 3.05) is 6.54 Å². The van der Waals surface area contributed by atoms with Crippen LogP contribution in [0.25, 0.3) is 0 Å². The van der Waals surface area contributed by atoms with Gasteiger partial charge in [0.2, 0.25) is 0 Å². The summed E-state index contributed by atoms with van der Waals surface area (Å²) in [5, 5.41) is 20.5. The maximum Gasteiger partial charge on any atom is 0.410 e. The molecule has 126 valence electrons. The van der Waals surface area contributed by atoms with Crippen LogP contribution < -0.4 is 0 Å². The van der Waals surface area contributed by atoms with E-state index in [1.807, 2.05) is 0 Å². The van der Waals surface area contributed by atoms with E-state index in [0.717, 1.165) is 19.0 Å². The summed E-state index contributed by atoms with van der Waals surface area (Å²) < 4.78 is 5.41. The highest BCUT2D eigenvalue weighted by molar-refractivity contribution is 5.69. The van der Waals surface area contributed by atoms with Crippen LogP contribution in [0.3, 0.4) is 0 Å². The van der Waals surface area contributed by atoms with Crippen LogP contribution >= 0.6 is 0 Å². The van der Waals surface area contributed by atoms with E-state index in [0.29, 0.717) is 18.7 Å². The van der Waals surface area contributed by atoms with Gasteiger partial charge in [-0.2, -0.15) is 0 Å². The van der Waals surface area contributed by atoms with Crippen LogP contribution in [0, 0.1) is 10.1 Å². The van der Waals surface area contributed by atoms with Gasteiger partial charge < -0.3 is 9.84 Å². The van der Waals surface area contributed by atoms with Gasteiger partial charge in [-0.15, -0.1) is 0 Å². The molecule has 0 saturated carbocycles. The molecule has 2 rings (SSSR count). The number of hydrogen-bond donors (Lipinski definition) is 1. The lowest BCUT2D eigenvalue weighted by Crippen LogP contribution is -2.42. The number of carbonyl (C=O) groups excluding carboxylic acids is 1. The number of rotatable bonds is 2. The highest BCUT2D eigenvalue weighted by atomic mass is 16.6. The minimum absolute atomic E-state index is 0.356. The Kier molecular flexibility index (Phi) is 4.72. The number of nitro groups is 1. The molecule has 8 nitrogen and oxygen atoms in total. The van der Waals surface area contributed by atoms with Gasteiger partial charge in [0.15, 0.2) is 5.75 Å². The van der Waals surface area contributed by atoms with Crippen LogP contribution in [0.4, 0.5) is 10.5 Å². The molecule has 1 aromatic rings. The van der Waals surface area contributed by atoms with Gasteiger partial charge in [0.1, 0.15) is 11.8 Å². The monoisotopic (exact) mass is 323 g/mol. The Bertz CT molecular complexity index is 612. The van der Waals surface area contributed by atoms with Crippen LogP contribution in [0.15, 0.2) is 12.3 Å². The Hall–Kier alpha value is -2.38. The molecule has 1 aliphatic heterocycles. The van der Waals surface area contributed by atoms with Crippen molar-refractivity contribution in [2.24, 2.45) is 0 Å². The molecule has 8 heteroatoms. The molecule has 0 bridgehead atoms. The highest BCUT2D eigenvalue weighted by Crippen LogP contribution is 2.34. The minimum Gasteiger partial charge on any atom is -0.502 e. The molecule has 1 N–H and O–H groups in total. The van der Waals surface area contributed by atoms with E-state index < -0.39 is 28.1 Å². The molecule has 0 spiro atoms. The molecule has 1 atom stereocenters. The summed E-state index contributed by atoms with van der Waals surface area (Å²) in [5.74, 6) is -0.449. The molecule has 0 radical (unpaired) electrons. The molecule has 1 saturated heterocycles. The van der Waals surface area contributed by atoms with E-state index in [4.69, 9.17) is 4.74 Å². The van der Waals surface area contributed by atoms with E-state index in [2.05, 4.69) is 4.98 Å². The van der Waals surface area contributed by atoms with Crippen molar-refractivity contribution in [3.8, 4) is 5.75 Å². The number of aromatic nitrogens is 1. The van der Waals surface area contributed by atoms with E-state index in [1.54, 1.807) is 25.7 Å². The average molecular weight is 323 g/mol. The zero-order chi connectivity index (χ0) is 17.2. The van der Waals surface area contributed by atoms with Crippen LogP contribution in [-0.4, -0.2) is 38.2 Å². The van der Waals surface area contributed by atoms with Crippen molar-refractivity contribution in [3.05, 3.63) is 28.1 Å². The van der Waals surface area contributed by atoms with E-state index >= 15 is 0 Å². The average Bonchev–Trinajstić information content (AvgIpc) is 2.45. The summed E-state index contributed by atoms with van der Waals surface area (Å²) in [6.07, 6.45) is 3.01. The number of amides is 1. The fourth-order valence-electron chi connectivity index (χ4n) is 2.55. The van der Waals surface area contributed by atoms with Crippen molar-refractivity contribution >= 4 is 11.8 Å². The fourth-order valence-corrected chi connectivity index (χ4v) is 2.55. The van der Waals surface area contributed by atoms with Gasteiger partial charge in [0, 0.05) is 12.6 Å². The summed E-state index contributed by atoms with van der Waals surface area (Å²) in [5.41, 5.74) is -0.628. The van der Waals surface area contributed by atoms with Gasteiger partial charge in [0.25, 0.3) is 0 Å². The first kappa shape index (κ1) is 17.0. The number of piperidine rings is 1. The van der Waals surface area contributed by atoms with Gasteiger partial charge in [0.05, 0.1) is 16.7 Å². The first-order chi connectivity index (χ1) is 10.7. The lowest BCUT2D eigenvalue weighted by atomic mass is 9.99. The second-order valence-electron chi connectivity index (χ2n) is 6.54. The molecule has 1 fully saturated rings. The Labute approximate surface area is 134 Å². The van der Waals surface area contributed by atoms with Crippen molar-refractivity contribution < 1.29 is 19.6 Å². The largest absolute Gasteiger partial charge is 0.502 e. The highest BCUT2D eigenvalue weighted by Gasteiger charge is 2.33. The molecule has 2 heterocycles. The van der Waals surface area contributed by atoms with Crippen LogP contribution in [-0.2, 0) is 4.74 Å². The molecule has 1 unspecified atom stereocenters. The third kappa shape index (κ3) is 4.08. The lowest BCUT2D eigenvalue weighted by Gasteiger charge is -2.36. The number of ether oxygens (including phenoxy) is 1. The first-order valence-electron chi connectivity index (χ1n) is 7.52. The Morgan fingerprint density at radius 2 is 2.17 bits per heavy atom. The van der Waals surface area contributed by atoms with Gasteiger partial charge in [-0.3, -0.25) is 20.0 Å². The summed E-state index contributed by atoms with van der Waals surface area (Å²) in [4.78, 5) is 28.1. The van der Waals surface area contributed by atoms with Crippen LogP contribution in [0.5, 0.6) is 5.75 Å². The van der Waals surface area contributed by atoms with Gasteiger partial charge >= 0.3 is 11.8 Å². The smallest absolute Gasteiger partial charge is 0.410 e. The number of nitrogens with zero attached hydrogens (tertiary/aromatic N) is 3. The number of aromatic hydroxyl groups is 1. The molecular weight excluding hydrogens is 302 g/mol. The summed E-state index contributed by atoms with van der Waals surface area (Å²) >= 11 is 0. The Morgan fingerprint density at radius 1 is 1.48 bits per heavy atom. The molecule has 1 amide bonds. The van der Waals surface area contributed by atoms with E-state index in [9.17, 15) is 20.0 Å². The summed E-state index contributed by atoms with van der Waals surface area (Å²) in [6.45, 7) is 5.90.